The van der Waals surface area contributed by atoms with Crippen LogP contribution >= 0.6 is 11.6 Å². The lowest BCUT2D eigenvalue weighted by atomic mass is 10.0. The summed E-state index contributed by atoms with van der Waals surface area (Å²) < 4.78 is 42.3. The third-order valence-corrected chi connectivity index (χ3v) is 4.87. The monoisotopic (exact) mass is 411 g/mol. The average Bonchev–Trinajstić information content (AvgIpc) is 2.83. The minimum absolute atomic E-state index is 0.747. The van der Waals surface area contributed by atoms with Crippen molar-refractivity contribution in [3.05, 3.63) is 58.4 Å². The van der Waals surface area contributed by atoms with Crippen molar-refractivity contribution in [2.45, 2.75) is 39.0 Å². The number of halogens is 2. The van der Waals surface area contributed by atoms with Crippen LogP contribution in [0.4, 0.5) is 0 Å². The zero-order chi connectivity index (χ0) is 19.6. The highest BCUT2D eigenvalue weighted by Gasteiger charge is 2.24. The largest absolute Gasteiger partial charge is 0.398 e. The van der Waals surface area contributed by atoms with Gasteiger partial charge in [0.2, 0.25) is 12.0 Å². The van der Waals surface area contributed by atoms with E-state index in [-0.39, 0.29) is 0 Å². The van der Waals surface area contributed by atoms with Crippen LogP contribution in [0.1, 0.15) is 36.1 Å². The van der Waals surface area contributed by atoms with Crippen molar-refractivity contribution in [2.24, 2.45) is 0 Å². The summed E-state index contributed by atoms with van der Waals surface area (Å²) in [7, 11) is -4.94. The molecule has 144 valence electrons. The van der Waals surface area contributed by atoms with Crippen LogP contribution in [-0.4, -0.2) is 0 Å². The average molecular weight is 412 g/mol. The fourth-order valence-corrected chi connectivity index (χ4v) is 3.58. The third kappa shape index (κ3) is 5.19. The van der Waals surface area contributed by atoms with Gasteiger partial charge in [0.1, 0.15) is 0 Å². The quantitative estimate of drug-likeness (QED) is 0.418. The highest BCUT2D eigenvalue weighted by Crippen LogP contribution is 2.26. The molecular formula is C19H19Cl2NO5. The number of aryl methyl sites for hydroxylation is 2. The van der Waals surface area contributed by atoms with E-state index >= 15 is 0 Å². The number of oxazole rings is 1. The number of hydrogen-bond donors (Lipinski definition) is 0. The Morgan fingerprint density at radius 1 is 1.00 bits per heavy atom. The molecule has 0 radical (unpaired) electrons. The molecule has 6 nitrogen and oxygen atoms in total. The first-order valence-electron chi connectivity index (χ1n) is 8.56. The predicted octanol–water partition coefficient (Wildman–Crippen LogP) is 0.160. The molecule has 1 aliphatic carbocycles. The van der Waals surface area contributed by atoms with Crippen LogP contribution in [0.2, 0.25) is 5.02 Å². The molecule has 1 aromatic carbocycles. The van der Waals surface area contributed by atoms with E-state index < -0.39 is 10.2 Å². The Hall–Kier alpha value is -1.67. The Morgan fingerprint density at radius 2 is 1.63 bits per heavy atom. The molecule has 0 atom stereocenters. The van der Waals surface area contributed by atoms with Gasteiger partial charge in [-0.3, -0.25) is 0 Å². The summed E-state index contributed by atoms with van der Waals surface area (Å²) >= 11 is 5.98. The maximum atomic E-state index is 8.49. The zero-order valence-corrected chi connectivity index (χ0v) is 16.3. The summed E-state index contributed by atoms with van der Waals surface area (Å²) in [6.45, 7) is 2.20. The SMILES string of the molecule is Cc1cc2oc(-c3ccc(Cl)cc3)c[n+]2c2c1CCCCC2.[O-][Cl+3]([O-])([O-])[O-]. The fraction of sp³-hybridized carbons (Fsp3) is 0.316. The van der Waals surface area contributed by atoms with Crippen LogP contribution in [0.25, 0.3) is 17.0 Å². The predicted molar refractivity (Wildman–Crippen MR) is 88.3 cm³/mol. The molecule has 3 aromatic rings. The van der Waals surface area contributed by atoms with Gasteiger partial charge in [-0.25, -0.2) is 18.6 Å². The van der Waals surface area contributed by atoms with Gasteiger partial charge in [0.15, 0.2) is 5.69 Å². The van der Waals surface area contributed by atoms with E-state index in [0.717, 1.165) is 28.5 Å². The fourth-order valence-electron chi connectivity index (χ4n) is 3.46. The van der Waals surface area contributed by atoms with Gasteiger partial charge in [-0.15, -0.1) is 14.6 Å². The van der Waals surface area contributed by atoms with Crippen molar-refractivity contribution in [1.29, 1.82) is 0 Å². The summed E-state index contributed by atoms with van der Waals surface area (Å²) in [5, 5.41) is 0.747. The van der Waals surface area contributed by atoms with Crippen molar-refractivity contribution in [1.82, 2.24) is 0 Å². The second-order valence-corrected chi connectivity index (χ2v) is 7.69. The highest BCUT2D eigenvalue weighted by molar-refractivity contribution is 6.30. The van der Waals surface area contributed by atoms with E-state index in [1.54, 1.807) is 0 Å². The summed E-state index contributed by atoms with van der Waals surface area (Å²) in [6.07, 6.45) is 8.32. The van der Waals surface area contributed by atoms with Gasteiger partial charge in [-0.2, -0.15) is 0 Å². The molecule has 2 aromatic heterocycles. The van der Waals surface area contributed by atoms with Gasteiger partial charge < -0.3 is 4.42 Å². The number of rotatable bonds is 1. The minimum Gasteiger partial charge on any atom is -0.398 e. The summed E-state index contributed by atoms with van der Waals surface area (Å²) in [6, 6.07) is 9.99. The molecule has 1 aliphatic rings. The Morgan fingerprint density at radius 3 is 2.30 bits per heavy atom. The molecule has 0 bridgehead atoms. The van der Waals surface area contributed by atoms with E-state index in [1.165, 1.54) is 42.5 Å². The number of benzene rings is 1. The minimum atomic E-state index is -4.94. The van der Waals surface area contributed by atoms with E-state index in [2.05, 4.69) is 23.6 Å². The lowest BCUT2D eigenvalue weighted by Gasteiger charge is -2.17. The van der Waals surface area contributed by atoms with E-state index in [9.17, 15) is 0 Å². The molecular weight excluding hydrogens is 393 g/mol. The smallest absolute Gasteiger partial charge is 0.379 e. The van der Waals surface area contributed by atoms with Gasteiger partial charge in [0, 0.05) is 22.6 Å². The molecule has 0 amide bonds. The number of aromatic nitrogens is 1. The molecule has 0 N–H and O–H groups in total. The molecule has 2 heterocycles. The number of fused-ring (bicyclic) bond motifs is 3. The maximum Gasteiger partial charge on any atom is 0.379 e. The summed E-state index contributed by atoms with van der Waals surface area (Å²) in [5.74, 6) is 0.897. The molecule has 0 saturated carbocycles. The normalized spacial score (nSPS) is 14.3. The Kier molecular flexibility index (Phi) is 6.05. The van der Waals surface area contributed by atoms with Gasteiger partial charge in [0.25, 0.3) is 0 Å². The first-order chi connectivity index (χ1) is 12.7. The summed E-state index contributed by atoms with van der Waals surface area (Å²) in [4.78, 5) is 0. The maximum absolute atomic E-state index is 8.49. The van der Waals surface area contributed by atoms with Crippen LogP contribution in [0, 0.1) is 17.2 Å². The Bertz CT molecular complexity index is 926. The molecule has 27 heavy (non-hydrogen) atoms. The topological polar surface area (TPSA) is 109 Å². The molecule has 4 rings (SSSR count). The number of nitrogens with zero attached hydrogens (tertiary/aromatic N) is 1. The van der Waals surface area contributed by atoms with Gasteiger partial charge in [-0.1, -0.05) is 18.0 Å². The third-order valence-electron chi connectivity index (χ3n) is 4.62. The van der Waals surface area contributed by atoms with E-state index in [4.69, 9.17) is 34.7 Å². The molecule has 0 aliphatic heterocycles. The van der Waals surface area contributed by atoms with Crippen LogP contribution in [0.15, 0.2) is 40.9 Å². The van der Waals surface area contributed by atoms with Gasteiger partial charge >= 0.3 is 5.71 Å². The lowest BCUT2D eigenvalue weighted by Crippen LogP contribution is -2.68. The number of pyridine rings is 1. The molecule has 0 saturated heterocycles. The van der Waals surface area contributed by atoms with Gasteiger partial charge in [0.05, 0.1) is 6.07 Å². The van der Waals surface area contributed by atoms with Crippen molar-refractivity contribution in [3.8, 4) is 11.3 Å². The second-order valence-electron chi connectivity index (χ2n) is 6.50. The lowest BCUT2D eigenvalue weighted by molar-refractivity contribution is -2.00. The van der Waals surface area contributed by atoms with Crippen molar-refractivity contribution < 1.29 is 37.7 Å². The second kappa shape index (κ2) is 8.14. The van der Waals surface area contributed by atoms with Crippen molar-refractivity contribution >= 4 is 17.3 Å². The zero-order valence-electron chi connectivity index (χ0n) is 14.7. The standard InChI is InChI=1S/C19H19ClNO.ClHO4/c1-13-11-19-21(17-6-4-2-3-5-16(13)17)12-18(22-19)14-7-9-15(20)10-8-14;2-1(3,4)5/h7-12H,2-6H2,1H3;(H,2,3,4,5)/q+1;/p-1. The van der Waals surface area contributed by atoms with Crippen molar-refractivity contribution in [3.63, 3.8) is 0 Å². The molecule has 0 fully saturated rings. The molecule has 8 heteroatoms. The first kappa shape index (κ1) is 20.1. The van der Waals surface area contributed by atoms with Gasteiger partial charge in [-0.05, 0) is 56.0 Å². The molecule has 0 unspecified atom stereocenters. The number of hydrogen-bond acceptors (Lipinski definition) is 5. The Balaban J connectivity index is 0.000000376. The molecule has 0 spiro atoms. The van der Waals surface area contributed by atoms with Crippen LogP contribution in [0.5, 0.6) is 0 Å². The van der Waals surface area contributed by atoms with Crippen LogP contribution < -0.4 is 23.0 Å². The van der Waals surface area contributed by atoms with Crippen molar-refractivity contribution in [2.75, 3.05) is 0 Å². The van der Waals surface area contributed by atoms with E-state index in [1.807, 2.05) is 24.3 Å². The highest BCUT2D eigenvalue weighted by atomic mass is 35.7. The summed E-state index contributed by atoms with van der Waals surface area (Å²) in [5.41, 5.74) is 6.29. The Labute approximate surface area is 164 Å². The first-order valence-corrected chi connectivity index (χ1v) is 10.2. The van der Waals surface area contributed by atoms with Crippen LogP contribution in [0.3, 0.4) is 0 Å². The van der Waals surface area contributed by atoms with E-state index in [0.29, 0.717) is 0 Å². The van der Waals surface area contributed by atoms with Crippen LogP contribution in [-0.2, 0) is 12.8 Å².